The zero-order valence-corrected chi connectivity index (χ0v) is 16.4. The fraction of sp³-hybridized carbons (Fsp3) is 0.348. The third-order valence-electron chi connectivity index (χ3n) is 5.77. The van der Waals surface area contributed by atoms with Crippen molar-refractivity contribution in [2.24, 2.45) is 17.6 Å². The molecule has 0 bridgehead atoms. The average molecular weight is 392 g/mol. The van der Waals surface area contributed by atoms with Crippen molar-refractivity contribution in [2.45, 2.75) is 6.42 Å². The van der Waals surface area contributed by atoms with E-state index in [1.54, 1.807) is 24.3 Å². The Bertz CT molecular complexity index is 857. The highest BCUT2D eigenvalue weighted by atomic mass is 16.5. The fourth-order valence-corrected chi connectivity index (χ4v) is 4.43. The lowest BCUT2D eigenvalue weighted by Crippen LogP contribution is -2.33. The molecule has 2 fully saturated rings. The predicted octanol–water partition coefficient (Wildman–Crippen LogP) is 2.79. The topological polar surface area (TPSA) is 75.9 Å². The van der Waals surface area contributed by atoms with Crippen molar-refractivity contribution < 1.29 is 14.3 Å². The third kappa shape index (κ3) is 4.77. The molecule has 2 saturated heterocycles. The minimum absolute atomic E-state index is 0.0155. The summed E-state index contributed by atoms with van der Waals surface area (Å²) in [6.07, 6.45) is 2.44. The van der Waals surface area contributed by atoms with Gasteiger partial charge in [0.25, 0.3) is 5.91 Å². The number of rotatable bonds is 6. The first-order chi connectivity index (χ1) is 14.1. The number of fused-ring (bicyclic) bond motifs is 1. The summed E-state index contributed by atoms with van der Waals surface area (Å²) in [5, 5.41) is 0. The molecule has 0 aromatic heterocycles. The van der Waals surface area contributed by atoms with Gasteiger partial charge in [-0.3, -0.25) is 4.79 Å². The second kappa shape index (κ2) is 8.66. The van der Waals surface area contributed by atoms with Gasteiger partial charge in [0.15, 0.2) is 0 Å². The lowest BCUT2D eigenvalue weighted by atomic mass is 10.0. The van der Waals surface area contributed by atoms with Gasteiger partial charge in [-0.15, -0.1) is 0 Å². The first-order valence-electron chi connectivity index (χ1n) is 10.1. The van der Waals surface area contributed by atoms with Crippen LogP contribution in [0, 0.1) is 18.3 Å². The summed E-state index contributed by atoms with van der Waals surface area (Å²) >= 11 is 0. The van der Waals surface area contributed by atoms with E-state index in [0.29, 0.717) is 23.1 Å². The molecule has 2 aliphatic heterocycles. The normalized spacial score (nSPS) is 21.2. The van der Waals surface area contributed by atoms with Crippen LogP contribution in [0.4, 0.5) is 4.79 Å². The highest BCUT2D eigenvalue weighted by Crippen LogP contribution is 2.32. The third-order valence-corrected chi connectivity index (χ3v) is 5.77. The predicted molar refractivity (Wildman–Crippen MR) is 110 cm³/mol. The van der Waals surface area contributed by atoms with Gasteiger partial charge in [0.2, 0.25) is 0 Å². The molecule has 2 atom stereocenters. The van der Waals surface area contributed by atoms with Gasteiger partial charge in [-0.1, -0.05) is 36.4 Å². The van der Waals surface area contributed by atoms with Crippen LogP contribution in [0.5, 0.6) is 5.75 Å². The highest BCUT2D eigenvalue weighted by molar-refractivity contribution is 5.95. The first kappa shape index (κ1) is 19.5. The SMILES string of the molecule is NC(=O)Oc1cccc(C(=O)N2CC3CN(CC[CH]c4ccccc4)C[C@H]3C2)c1. The molecule has 2 heterocycles. The molecule has 0 aliphatic carbocycles. The zero-order valence-electron chi connectivity index (χ0n) is 16.4. The van der Waals surface area contributed by atoms with Crippen LogP contribution in [0.15, 0.2) is 54.6 Å². The minimum atomic E-state index is -0.880. The molecular weight excluding hydrogens is 366 g/mol. The van der Waals surface area contributed by atoms with Crippen molar-refractivity contribution in [2.75, 3.05) is 32.7 Å². The Balaban J connectivity index is 1.26. The van der Waals surface area contributed by atoms with Crippen molar-refractivity contribution in [3.05, 3.63) is 72.1 Å². The summed E-state index contributed by atoms with van der Waals surface area (Å²) in [4.78, 5) is 28.2. The molecule has 0 saturated carbocycles. The molecule has 1 radical (unpaired) electrons. The maximum absolute atomic E-state index is 12.9. The number of nitrogens with two attached hydrogens (primary N) is 1. The van der Waals surface area contributed by atoms with Crippen LogP contribution in [0.1, 0.15) is 22.3 Å². The number of amides is 2. The summed E-state index contributed by atoms with van der Waals surface area (Å²) < 4.78 is 4.88. The van der Waals surface area contributed by atoms with Crippen LogP contribution in [0.3, 0.4) is 0 Å². The van der Waals surface area contributed by atoms with Crippen LogP contribution in [-0.4, -0.2) is 54.5 Å². The number of nitrogens with zero attached hydrogens (tertiary/aromatic N) is 2. The number of likely N-dealkylation sites (tertiary alicyclic amines) is 2. The van der Waals surface area contributed by atoms with Crippen LogP contribution >= 0.6 is 0 Å². The van der Waals surface area contributed by atoms with E-state index < -0.39 is 6.09 Å². The molecule has 6 nitrogen and oxygen atoms in total. The van der Waals surface area contributed by atoms with Crippen LogP contribution in [0.25, 0.3) is 0 Å². The number of primary amides is 1. The van der Waals surface area contributed by atoms with E-state index in [9.17, 15) is 9.59 Å². The molecule has 2 aromatic carbocycles. The number of hydrogen-bond donors (Lipinski definition) is 1. The van der Waals surface area contributed by atoms with Crippen LogP contribution < -0.4 is 10.5 Å². The van der Waals surface area contributed by atoms with E-state index in [0.717, 1.165) is 39.1 Å². The standard InChI is InChI=1S/C23H26N3O3/c24-23(28)29-21-10-4-9-18(12-21)22(27)26-15-19-13-25(14-20(19)16-26)11-5-8-17-6-2-1-3-7-17/h1-4,6-10,12,19-20H,5,11,13-16H2,(H2,24,28)/t19-,20?/m0/s1. The molecule has 2 aliphatic rings. The number of hydrogen-bond acceptors (Lipinski definition) is 4. The number of carbonyl (C=O) groups excluding carboxylic acids is 2. The number of carbonyl (C=O) groups is 2. The summed E-state index contributed by atoms with van der Waals surface area (Å²) in [7, 11) is 0. The lowest BCUT2D eigenvalue weighted by molar-refractivity contribution is 0.0773. The Morgan fingerprint density at radius 3 is 2.41 bits per heavy atom. The Labute approximate surface area is 171 Å². The first-order valence-corrected chi connectivity index (χ1v) is 10.1. The van der Waals surface area contributed by atoms with Gasteiger partial charge in [0.05, 0.1) is 0 Å². The van der Waals surface area contributed by atoms with Gasteiger partial charge in [0, 0.05) is 31.7 Å². The quantitative estimate of drug-likeness (QED) is 0.820. The summed E-state index contributed by atoms with van der Waals surface area (Å²) in [5.74, 6) is 1.34. The van der Waals surface area contributed by atoms with E-state index in [1.165, 1.54) is 5.56 Å². The van der Waals surface area contributed by atoms with Gasteiger partial charge in [-0.25, -0.2) is 4.79 Å². The molecule has 2 aromatic rings. The van der Waals surface area contributed by atoms with Gasteiger partial charge in [-0.05, 0) is 55.0 Å². The summed E-state index contributed by atoms with van der Waals surface area (Å²) in [5.41, 5.74) is 6.85. The van der Waals surface area contributed by atoms with E-state index in [2.05, 4.69) is 35.6 Å². The molecule has 4 rings (SSSR count). The molecule has 2 N–H and O–H groups in total. The second-order valence-electron chi connectivity index (χ2n) is 7.84. The average Bonchev–Trinajstić information content (AvgIpc) is 3.27. The van der Waals surface area contributed by atoms with E-state index in [-0.39, 0.29) is 5.91 Å². The highest BCUT2D eigenvalue weighted by Gasteiger charge is 2.41. The van der Waals surface area contributed by atoms with E-state index in [4.69, 9.17) is 10.5 Å². The van der Waals surface area contributed by atoms with Crippen molar-refractivity contribution in [1.29, 1.82) is 0 Å². The Morgan fingerprint density at radius 2 is 1.72 bits per heavy atom. The van der Waals surface area contributed by atoms with Crippen molar-refractivity contribution in [3.63, 3.8) is 0 Å². The lowest BCUT2D eigenvalue weighted by Gasteiger charge is -2.22. The van der Waals surface area contributed by atoms with Gasteiger partial charge < -0.3 is 20.3 Å². The summed E-state index contributed by atoms with van der Waals surface area (Å²) in [6.45, 7) is 4.71. The molecule has 151 valence electrons. The van der Waals surface area contributed by atoms with Gasteiger partial charge in [0.1, 0.15) is 5.75 Å². The zero-order chi connectivity index (χ0) is 20.2. The molecule has 1 unspecified atom stereocenters. The molecule has 0 spiro atoms. The molecule has 2 amide bonds. The smallest absolute Gasteiger partial charge is 0.409 e. The summed E-state index contributed by atoms with van der Waals surface area (Å²) in [6, 6.07) is 17.1. The van der Waals surface area contributed by atoms with Crippen LogP contribution in [-0.2, 0) is 0 Å². The Kier molecular flexibility index (Phi) is 5.81. The van der Waals surface area contributed by atoms with Crippen LogP contribution in [0.2, 0.25) is 0 Å². The maximum atomic E-state index is 12.9. The molecule has 29 heavy (non-hydrogen) atoms. The van der Waals surface area contributed by atoms with Gasteiger partial charge >= 0.3 is 6.09 Å². The largest absolute Gasteiger partial charge is 0.410 e. The minimum Gasteiger partial charge on any atom is -0.410 e. The molecule has 6 heteroatoms. The number of benzene rings is 2. The van der Waals surface area contributed by atoms with Gasteiger partial charge in [-0.2, -0.15) is 0 Å². The second-order valence-corrected chi connectivity index (χ2v) is 7.84. The molecular formula is C23H26N3O3. The monoisotopic (exact) mass is 392 g/mol. The van der Waals surface area contributed by atoms with E-state index >= 15 is 0 Å². The van der Waals surface area contributed by atoms with Crippen molar-refractivity contribution in [1.82, 2.24) is 9.80 Å². The fourth-order valence-electron chi connectivity index (χ4n) is 4.43. The Hall–Kier alpha value is -2.86. The van der Waals surface area contributed by atoms with Crippen molar-refractivity contribution >= 4 is 12.0 Å². The van der Waals surface area contributed by atoms with E-state index in [1.807, 2.05) is 11.0 Å². The van der Waals surface area contributed by atoms with Crippen molar-refractivity contribution in [3.8, 4) is 5.75 Å². The number of ether oxygens (including phenoxy) is 1. The maximum Gasteiger partial charge on any atom is 0.409 e. The Morgan fingerprint density at radius 1 is 1.00 bits per heavy atom.